The lowest BCUT2D eigenvalue weighted by atomic mass is 9.91. The molecule has 1 aromatic carbocycles. The number of hydrogen-bond donors (Lipinski definition) is 1. The summed E-state index contributed by atoms with van der Waals surface area (Å²) in [7, 11) is 0. The highest BCUT2D eigenvalue weighted by Gasteiger charge is 2.41. The van der Waals surface area contributed by atoms with Gasteiger partial charge in [0.1, 0.15) is 11.4 Å². The van der Waals surface area contributed by atoms with Crippen molar-refractivity contribution in [3.05, 3.63) is 34.6 Å². The second-order valence-corrected chi connectivity index (χ2v) is 4.85. The second-order valence-electron chi connectivity index (χ2n) is 4.44. The zero-order chi connectivity index (χ0) is 16.3. The maximum Gasteiger partial charge on any atom is 0.401 e. The normalized spacial score (nSPS) is 14.6. The highest BCUT2D eigenvalue weighted by Crippen LogP contribution is 2.31. The van der Waals surface area contributed by atoms with E-state index in [0.29, 0.717) is 0 Å². The van der Waals surface area contributed by atoms with Gasteiger partial charge < -0.3 is 4.74 Å². The largest absolute Gasteiger partial charge is 0.464 e. The van der Waals surface area contributed by atoms with E-state index in [0.717, 1.165) is 18.2 Å². The highest BCUT2D eigenvalue weighted by atomic mass is 35.5. The smallest absolute Gasteiger partial charge is 0.401 e. The molecule has 1 unspecified atom stereocenters. The van der Waals surface area contributed by atoms with Crippen LogP contribution in [0.2, 0.25) is 5.02 Å². The molecule has 8 heteroatoms. The third-order valence-electron chi connectivity index (χ3n) is 2.80. The Labute approximate surface area is 124 Å². The van der Waals surface area contributed by atoms with E-state index in [-0.39, 0.29) is 17.2 Å². The Balaban J connectivity index is 3.20. The first-order chi connectivity index (χ1) is 9.60. The van der Waals surface area contributed by atoms with Crippen molar-refractivity contribution in [2.24, 2.45) is 0 Å². The topological polar surface area (TPSA) is 38.3 Å². The van der Waals surface area contributed by atoms with Crippen LogP contribution in [-0.2, 0) is 15.1 Å². The van der Waals surface area contributed by atoms with Gasteiger partial charge in [-0.25, -0.2) is 9.18 Å². The fraction of sp³-hybridized carbons (Fsp3) is 0.462. The molecule has 0 spiro atoms. The van der Waals surface area contributed by atoms with Gasteiger partial charge in [0, 0.05) is 10.6 Å². The third kappa shape index (κ3) is 4.57. The van der Waals surface area contributed by atoms with Gasteiger partial charge in [-0.15, -0.1) is 0 Å². The van der Waals surface area contributed by atoms with E-state index >= 15 is 0 Å². The number of carbonyl (C=O) groups is 1. The molecule has 21 heavy (non-hydrogen) atoms. The maximum absolute atomic E-state index is 13.1. The molecule has 0 aliphatic carbocycles. The van der Waals surface area contributed by atoms with Crippen molar-refractivity contribution in [3.8, 4) is 0 Å². The molecular formula is C13H14ClF4NO2. The number of nitrogens with one attached hydrogen (secondary N) is 1. The minimum atomic E-state index is -4.53. The first kappa shape index (κ1) is 17.7. The zero-order valence-electron chi connectivity index (χ0n) is 11.4. The summed E-state index contributed by atoms with van der Waals surface area (Å²) in [5, 5.41) is 1.92. The van der Waals surface area contributed by atoms with E-state index in [1.165, 1.54) is 13.8 Å². The Bertz CT molecular complexity index is 521. The Morgan fingerprint density at radius 1 is 1.38 bits per heavy atom. The van der Waals surface area contributed by atoms with Gasteiger partial charge in [0.2, 0.25) is 0 Å². The number of hydrogen-bond acceptors (Lipinski definition) is 3. The predicted molar refractivity (Wildman–Crippen MR) is 69.5 cm³/mol. The fourth-order valence-electron chi connectivity index (χ4n) is 1.72. The van der Waals surface area contributed by atoms with Crippen molar-refractivity contribution in [1.82, 2.24) is 5.32 Å². The van der Waals surface area contributed by atoms with Gasteiger partial charge in [-0.3, -0.25) is 5.32 Å². The molecule has 118 valence electrons. The third-order valence-corrected chi connectivity index (χ3v) is 3.11. The summed E-state index contributed by atoms with van der Waals surface area (Å²) in [6.07, 6.45) is -4.53. The average molecular weight is 328 g/mol. The van der Waals surface area contributed by atoms with Crippen molar-refractivity contribution in [3.63, 3.8) is 0 Å². The van der Waals surface area contributed by atoms with Gasteiger partial charge >= 0.3 is 12.1 Å². The lowest BCUT2D eigenvalue weighted by molar-refractivity contribution is -0.155. The molecule has 0 saturated carbocycles. The fourth-order valence-corrected chi connectivity index (χ4v) is 2.08. The predicted octanol–water partition coefficient (Wildman–Crippen LogP) is 3.41. The maximum atomic E-state index is 13.1. The number of ether oxygens (including phenoxy) is 1. The standard InChI is InChI=1S/C13H14ClF4NO2/c1-3-21-11(20)12(2,19-7-13(16,17)18)9-5-4-8(15)6-10(9)14/h4-6,19H,3,7H2,1-2H3. The number of esters is 1. The van der Waals surface area contributed by atoms with Crippen LogP contribution in [0.3, 0.4) is 0 Å². The molecule has 0 saturated heterocycles. The monoisotopic (exact) mass is 327 g/mol. The molecule has 1 N–H and O–H groups in total. The Kier molecular flexibility index (Phi) is 5.58. The van der Waals surface area contributed by atoms with Crippen LogP contribution in [-0.4, -0.2) is 25.3 Å². The Morgan fingerprint density at radius 3 is 2.48 bits per heavy atom. The summed E-state index contributed by atoms with van der Waals surface area (Å²) in [6, 6.07) is 3.08. The van der Waals surface area contributed by atoms with E-state index in [1.54, 1.807) is 0 Å². The highest BCUT2D eigenvalue weighted by molar-refractivity contribution is 6.31. The van der Waals surface area contributed by atoms with E-state index < -0.39 is 30.0 Å². The van der Waals surface area contributed by atoms with Crippen LogP contribution >= 0.6 is 11.6 Å². The van der Waals surface area contributed by atoms with E-state index in [4.69, 9.17) is 16.3 Å². The molecule has 0 bridgehead atoms. The molecule has 1 aromatic rings. The zero-order valence-corrected chi connectivity index (χ0v) is 12.1. The van der Waals surface area contributed by atoms with Crippen LogP contribution in [0.15, 0.2) is 18.2 Å². The van der Waals surface area contributed by atoms with Crippen molar-refractivity contribution < 1.29 is 27.1 Å². The number of rotatable bonds is 5. The molecule has 1 atom stereocenters. The Hall–Kier alpha value is -1.34. The summed E-state index contributed by atoms with van der Waals surface area (Å²) in [5.74, 6) is -1.59. The van der Waals surface area contributed by atoms with Crippen LogP contribution in [0.5, 0.6) is 0 Å². The molecule has 0 aliphatic rings. The quantitative estimate of drug-likeness (QED) is 0.665. The van der Waals surface area contributed by atoms with Crippen molar-refractivity contribution in [2.45, 2.75) is 25.6 Å². The minimum absolute atomic E-state index is 0.00765. The van der Waals surface area contributed by atoms with Crippen LogP contribution in [0.4, 0.5) is 17.6 Å². The summed E-state index contributed by atoms with van der Waals surface area (Å²) in [5.41, 5.74) is -1.83. The van der Waals surface area contributed by atoms with Gasteiger partial charge in [-0.2, -0.15) is 13.2 Å². The van der Waals surface area contributed by atoms with Gasteiger partial charge in [0.15, 0.2) is 0 Å². The molecule has 0 aliphatic heterocycles. The van der Waals surface area contributed by atoms with Crippen molar-refractivity contribution in [2.75, 3.05) is 13.2 Å². The van der Waals surface area contributed by atoms with Gasteiger partial charge in [0.25, 0.3) is 0 Å². The van der Waals surface area contributed by atoms with Crippen LogP contribution in [0.25, 0.3) is 0 Å². The SMILES string of the molecule is CCOC(=O)C(C)(NCC(F)(F)F)c1ccc(F)cc1Cl. The number of benzene rings is 1. The number of alkyl halides is 3. The van der Waals surface area contributed by atoms with Gasteiger partial charge in [-0.05, 0) is 26.0 Å². The lowest BCUT2D eigenvalue weighted by Gasteiger charge is -2.30. The lowest BCUT2D eigenvalue weighted by Crippen LogP contribution is -2.51. The number of carbonyl (C=O) groups excluding carboxylic acids is 1. The molecule has 0 heterocycles. The average Bonchev–Trinajstić information content (AvgIpc) is 2.35. The minimum Gasteiger partial charge on any atom is -0.464 e. The molecule has 0 amide bonds. The molecule has 0 fully saturated rings. The first-order valence-corrected chi connectivity index (χ1v) is 6.42. The molecule has 3 nitrogen and oxygen atoms in total. The summed E-state index contributed by atoms with van der Waals surface area (Å²) in [6.45, 7) is 1.29. The van der Waals surface area contributed by atoms with Crippen molar-refractivity contribution in [1.29, 1.82) is 0 Å². The number of halogens is 5. The molecule has 0 radical (unpaired) electrons. The van der Waals surface area contributed by atoms with Crippen LogP contribution in [0.1, 0.15) is 19.4 Å². The van der Waals surface area contributed by atoms with Crippen LogP contribution in [0, 0.1) is 5.82 Å². The van der Waals surface area contributed by atoms with Gasteiger partial charge in [-0.1, -0.05) is 17.7 Å². The summed E-state index contributed by atoms with van der Waals surface area (Å²) >= 11 is 5.84. The summed E-state index contributed by atoms with van der Waals surface area (Å²) in [4.78, 5) is 12.0. The second kappa shape index (κ2) is 6.62. The van der Waals surface area contributed by atoms with E-state index in [1.807, 2.05) is 0 Å². The van der Waals surface area contributed by atoms with E-state index in [2.05, 4.69) is 5.32 Å². The molecule has 0 aromatic heterocycles. The summed E-state index contributed by atoms with van der Waals surface area (Å²) < 4.78 is 55.1. The molecule has 1 rings (SSSR count). The van der Waals surface area contributed by atoms with Crippen molar-refractivity contribution >= 4 is 17.6 Å². The first-order valence-electron chi connectivity index (χ1n) is 6.04. The van der Waals surface area contributed by atoms with Crippen LogP contribution < -0.4 is 5.32 Å². The molecular weight excluding hydrogens is 314 g/mol. The van der Waals surface area contributed by atoms with Gasteiger partial charge in [0.05, 0.1) is 13.2 Å². The van der Waals surface area contributed by atoms with E-state index in [9.17, 15) is 22.4 Å². The Morgan fingerprint density at radius 2 is 2.00 bits per heavy atom.